The van der Waals surface area contributed by atoms with Crippen LogP contribution in [0.15, 0.2) is 0 Å². The number of aryl methyl sites for hydroxylation is 1. The Bertz CT molecular complexity index is 449. The second-order valence-corrected chi connectivity index (χ2v) is 5.12. The van der Waals surface area contributed by atoms with Crippen LogP contribution in [0.4, 0.5) is 5.13 Å². The first kappa shape index (κ1) is 11.3. The van der Waals surface area contributed by atoms with Gasteiger partial charge >= 0.3 is 0 Å². The Labute approximate surface area is 98.3 Å². The van der Waals surface area contributed by atoms with Crippen LogP contribution in [-0.4, -0.2) is 23.7 Å². The topological polar surface area (TPSA) is 50.3 Å². The summed E-state index contributed by atoms with van der Waals surface area (Å²) in [4.78, 5) is 29.6. The summed E-state index contributed by atoms with van der Waals surface area (Å²) < 4.78 is 0. The van der Waals surface area contributed by atoms with Crippen LogP contribution < -0.4 is 4.90 Å². The van der Waals surface area contributed by atoms with Crippen molar-refractivity contribution < 1.29 is 9.59 Å². The van der Waals surface area contributed by atoms with Gasteiger partial charge in [-0.05, 0) is 19.8 Å². The van der Waals surface area contributed by atoms with Crippen LogP contribution in [0.3, 0.4) is 0 Å². The standard InChI is InChI=1S/C11H14N2O2S/c1-6-9(7(2)14)16-11(12-6)13(3)10(15)8-4-5-8/h8H,4-5H2,1-3H3. The molecule has 0 aromatic carbocycles. The quantitative estimate of drug-likeness (QED) is 0.757. The summed E-state index contributed by atoms with van der Waals surface area (Å²) in [5, 5.41) is 0.625. The lowest BCUT2D eigenvalue weighted by molar-refractivity contribution is -0.119. The molecule has 0 radical (unpaired) electrons. The molecule has 1 aliphatic rings. The maximum atomic E-state index is 11.8. The first-order valence-electron chi connectivity index (χ1n) is 5.26. The van der Waals surface area contributed by atoms with Gasteiger partial charge in [-0.2, -0.15) is 0 Å². The van der Waals surface area contributed by atoms with E-state index in [0.29, 0.717) is 15.7 Å². The number of thiazole rings is 1. The summed E-state index contributed by atoms with van der Waals surface area (Å²) in [5.74, 6) is 0.298. The third-order valence-electron chi connectivity index (χ3n) is 2.65. The summed E-state index contributed by atoms with van der Waals surface area (Å²) in [5.41, 5.74) is 0.711. The average Bonchev–Trinajstić information content (AvgIpc) is 2.99. The number of rotatable bonds is 3. The van der Waals surface area contributed by atoms with Crippen molar-refractivity contribution in [1.82, 2.24) is 4.98 Å². The van der Waals surface area contributed by atoms with E-state index in [9.17, 15) is 9.59 Å². The predicted octanol–water partition coefficient (Wildman–Crippen LogP) is 2.03. The van der Waals surface area contributed by atoms with Gasteiger partial charge in [-0.1, -0.05) is 11.3 Å². The van der Waals surface area contributed by atoms with Crippen LogP contribution in [0.25, 0.3) is 0 Å². The molecule has 5 heteroatoms. The number of Topliss-reactive ketones (excluding diaryl/α,β-unsaturated/α-hetero) is 1. The number of anilines is 1. The van der Waals surface area contributed by atoms with Crippen LogP contribution in [0.5, 0.6) is 0 Å². The third-order valence-corrected chi connectivity index (χ3v) is 3.98. The highest BCUT2D eigenvalue weighted by molar-refractivity contribution is 7.17. The van der Waals surface area contributed by atoms with E-state index in [1.807, 2.05) is 0 Å². The van der Waals surface area contributed by atoms with Gasteiger partial charge in [-0.3, -0.25) is 14.5 Å². The molecule has 1 saturated carbocycles. The van der Waals surface area contributed by atoms with Crippen molar-refractivity contribution in [3.05, 3.63) is 10.6 Å². The highest BCUT2D eigenvalue weighted by Gasteiger charge is 2.33. The lowest BCUT2D eigenvalue weighted by Gasteiger charge is -2.12. The average molecular weight is 238 g/mol. The van der Waals surface area contributed by atoms with E-state index in [4.69, 9.17) is 0 Å². The highest BCUT2D eigenvalue weighted by Crippen LogP contribution is 2.34. The molecule has 1 fully saturated rings. The summed E-state index contributed by atoms with van der Waals surface area (Å²) in [6, 6.07) is 0. The molecule has 1 aromatic rings. The molecule has 0 atom stereocenters. The molecule has 0 spiro atoms. The summed E-state index contributed by atoms with van der Waals surface area (Å²) in [7, 11) is 1.73. The number of hydrogen-bond acceptors (Lipinski definition) is 4. The van der Waals surface area contributed by atoms with Gasteiger partial charge in [0.15, 0.2) is 10.9 Å². The minimum absolute atomic E-state index is 0.00789. The van der Waals surface area contributed by atoms with Crippen LogP contribution in [0, 0.1) is 12.8 Å². The number of aromatic nitrogens is 1. The number of hydrogen-bond donors (Lipinski definition) is 0. The van der Waals surface area contributed by atoms with Crippen molar-refractivity contribution in [2.24, 2.45) is 5.92 Å². The van der Waals surface area contributed by atoms with E-state index in [0.717, 1.165) is 12.8 Å². The molecule has 2 rings (SSSR count). The van der Waals surface area contributed by atoms with Crippen LogP contribution in [0.1, 0.15) is 35.1 Å². The largest absolute Gasteiger partial charge is 0.294 e. The van der Waals surface area contributed by atoms with Gasteiger partial charge in [0.25, 0.3) is 0 Å². The predicted molar refractivity (Wildman–Crippen MR) is 63.0 cm³/mol. The van der Waals surface area contributed by atoms with E-state index in [-0.39, 0.29) is 17.6 Å². The molecule has 0 unspecified atom stereocenters. The van der Waals surface area contributed by atoms with Gasteiger partial charge in [0.2, 0.25) is 5.91 Å². The molecule has 4 nitrogen and oxygen atoms in total. The van der Waals surface area contributed by atoms with Crippen molar-refractivity contribution in [2.45, 2.75) is 26.7 Å². The van der Waals surface area contributed by atoms with Gasteiger partial charge in [0.1, 0.15) is 0 Å². The Hall–Kier alpha value is -1.23. The Balaban J connectivity index is 2.23. The molecule has 1 aliphatic carbocycles. The van der Waals surface area contributed by atoms with Crippen molar-refractivity contribution in [2.75, 3.05) is 11.9 Å². The lowest BCUT2D eigenvalue weighted by atomic mass is 10.3. The zero-order chi connectivity index (χ0) is 11.9. The van der Waals surface area contributed by atoms with Gasteiger partial charge < -0.3 is 0 Å². The van der Waals surface area contributed by atoms with Crippen molar-refractivity contribution in [3.63, 3.8) is 0 Å². The maximum absolute atomic E-state index is 11.8. The van der Waals surface area contributed by atoms with Gasteiger partial charge in [-0.15, -0.1) is 0 Å². The molecule has 1 heterocycles. The monoisotopic (exact) mass is 238 g/mol. The molecular formula is C11H14N2O2S. The molecule has 86 valence electrons. The van der Waals surface area contributed by atoms with Crippen molar-refractivity contribution in [3.8, 4) is 0 Å². The zero-order valence-electron chi connectivity index (χ0n) is 9.61. The first-order valence-corrected chi connectivity index (χ1v) is 6.08. The van der Waals surface area contributed by atoms with Crippen molar-refractivity contribution >= 4 is 28.2 Å². The second kappa shape index (κ2) is 3.97. The molecular weight excluding hydrogens is 224 g/mol. The van der Waals surface area contributed by atoms with E-state index in [1.165, 1.54) is 18.3 Å². The van der Waals surface area contributed by atoms with E-state index in [2.05, 4.69) is 4.98 Å². The highest BCUT2D eigenvalue weighted by atomic mass is 32.1. The fourth-order valence-corrected chi connectivity index (χ4v) is 2.48. The molecule has 1 aromatic heterocycles. The zero-order valence-corrected chi connectivity index (χ0v) is 10.4. The molecule has 16 heavy (non-hydrogen) atoms. The van der Waals surface area contributed by atoms with Gasteiger partial charge in [0, 0.05) is 19.9 Å². The SMILES string of the molecule is CC(=O)c1sc(N(C)C(=O)C2CC2)nc1C. The molecule has 0 aliphatic heterocycles. The summed E-state index contributed by atoms with van der Waals surface area (Å²) >= 11 is 1.29. The summed E-state index contributed by atoms with van der Waals surface area (Å²) in [6.45, 7) is 3.32. The second-order valence-electron chi connectivity index (χ2n) is 4.14. The molecule has 0 N–H and O–H groups in total. The van der Waals surface area contributed by atoms with Gasteiger partial charge in [-0.25, -0.2) is 4.98 Å². The fraction of sp³-hybridized carbons (Fsp3) is 0.545. The normalized spacial score (nSPS) is 14.9. The number of nitrogens with zero attached hydrogens (tertiary/aromatic N) is 2. The number of carbonyl (C=O) groups excluding carboxylic acids is 2. The number of carbonyl (C=O) groups is 2. The molecule has 1 amide bonds. The van der Waals surface area contributed by atoms with E-state index >= 15 is 0 Å². The lowest BCUT2D eigenvalue weighted by Crippen LogP contribution is -2.27. The van der Waals surface area contributed by atoms with Gasteiger partial charge in [0.05, 0.1) is 10.6 Å². The van der Waals surface area contributed by atoms with E-state index < -0.39 is 0 Å². The number of amides is 1. The first-order chi connectivity index (χ1) is 7.50. The Morgan fingerprint density at radius 2 is 2.06 bits per heavy atom. The Morgan fingerprint density at radius 1 is 1.44 bits per heavy atom. The summed E-state index contributed by atoms with van der Waals surface area (Å²) in [6.07, 6.45) is 1.96. The molecule has 0 bridgehead atoms. The minimum Gasteiger partial charge on any atom is -0.294 e. The third kappa shape index (κ3) is 2.00. The maximum Gasteiger partial charge on any atom is 0.231 e. The smallest absolute Gasteiger partial charge is 0.231 e. The van der Waals surface area contributed by atoms with E-state index in [1.54, 1.807) is 18.9 Å². The minimum atomic E-state index is 0.00789. The Morgan fingerprint density at radius 3 is 2.50 bits per heavy atom. The van der Waals surface area contributed by atoms with Crippen LogP contribution in [0.2, 0.25) is 0 Å². The van der Waals surface area contributed by atoms with Crippen molar-refractivity contribution in [1.29, 1.82) is 0 Å². The molecule has 0 saturated heterocycles. The number of ketones is 1. The fourth-order valence-electron chi connectivity index (χ4n) is 1.55. The van der Waals surface area contributed by atoms with Crippen LogP contribution in [-0.2, 0) is 4.79 Å². The Kier molecular flexibility index (Phi) is 2.80. The van der Waals surface area contributed by atoms with Crippen LogP contribution >= 0.6 is 11.3 Å².